The van der Waals surface area contributed by atoms with Crippen molar-refractivity contribution in [1.82, 2.24) is 0 Å². The van der Waals surface area contributed by atoms with Crippen LogP contribution in [-0.2, 0) is 16.6 Å². The summed E-state index contributed by atoms with van der Waals surface area (Å²) in [5.41, 5.74) is 3.74. The second kappa shape index (κ2) is 3.44. The van der Waals surface area contributed by atoms with Gasteiger partial charge in [0.2, 0.25) is 0 Å². The highest BCUT2D eigenvalue weighted by Crippen LogP contribution is 2.41. The molecule has 1 aliphatic rings. The van der Waals surface area contributed by atoms with Gasteiger partial charge in [-0.2, -0.15) is 0 Å². The lowest BCUT2D eigenvalue weighted by molar-refractivity contribution is -0.136. The Morgan fingerprint density at radius 3 is 2.75 bits per heavy atom. The van der Waals surface area contributed by atoms with Crippen LogP contribution in [0.5, 0.6) is 0 Å². The molecule has 0 fully saturated rings. The van der Waals surface area contributed by atoms with Gasteiger partial charge in [0.25, 0.3) is 0 Å². The van der Waals surface area contributed by atoms with Crippen LogP contribution in [0, 0.1) is 0 Å². The summed E-state index contributed by atoms with van der Waals surface area (Å²) < 4.78 is 0. The number of aliphatic carboxylic acids is 1. The van der Waals surface area contributed by atoms with Gasteiger partial charge in [-0.15, -0.1) is 0 Å². The second-order valence-electron chi connectivity index (χ2n) is 4.70. The average Bonchev–Trinajstić information content (AvgIpc) is 2.38. The van der Waals surface area contributed by atoms with Gasteiger partial charge in [-0.05, 0) is 24.1 Å². The number of nitrogens with zero attached hydrogens (tertiary/aromatic N) is 1. The number of rotatable bonds is 2. The number of benzene rings is 1. The fourth-order valence-electron chi connectivity index (χ4n) is 2.21. The number of carbonyl (C=O) groups is 1. The SMILES string of the molecule is CC1=Nc2cccc(CC(=O)O)c2C1(C)C. The van der Waals surface area contributed by atoms with Crippen molar-refractivity contribution in [2.24, 2.45) is 4.99 Å². The summed E-state index contributed by atoms with van der Waals surface area (Å²) in [4.78, 5) is 15.3. The predicted octanol–water partition coefficient (Wildman–Crippen LogP) is 2.70. The minimum Gasteiger partial charge on any atom is -0.481 e. The molecule has 2 rings (SSSR count). The number of fused-ring (bicyclic) bond motifs is 1. The van der Waals surface area contributed by atoms with Crippen LogP contribution in [0.15, 0.2) is 23.2 Å². The monoisotopic (exact) mass is 217 g/mol. The van der Waals surface area contributed by atoms with E-state index in [1.54, 1.807) is 0 Å². The van der Waals surface area contributed by atoms with E-state index in [4.69, 9.17) is 5.11 Å². The predicted molar refractivity (Wildman–Crippen MR) is 63.6 cm³/mol. The smallest absolute Gasteiger partial charge is 0.307 e. The molecule has 3 heteroatoms. The van der Waals surface area contributed by atoms with Crippen LogP contribution in [0.2, 0.25) is 0 Å². The lowest BCUT2D eigenvalue weighted by Crippen LogP contribution is -2.24. The molecule has 0 aliphatic carbocycles. The minimum absolute atomic E-state index is 0.0649. The third-order valence-electron chi connectivity index (χ3n) is 3.29. The van der Waals surface area contributed by atoms with Gasteiger partial charge in [-0.1, -0.05) is 26.0 Å². The molecule has 1 aromatic rings. The third kappa shape index (κ3) is 1.52. The molecule has 0 bridgehead atoms. The van der Waals surface area contributed by atoms with Crippen LogP contribution in [0.1, 0.15) is 31.9 Å². The van der Waals surface area contributed by atoms with Gasteiger partial charge in [-0.3, -0.25) is 9.79 Å². The van der Waals surface area contributed by atoms with E-state index in [1.165, 1.54) is 0 Å². The Hall–Kier alpha value is -1.64. The van der Waals surface area contributed by atoms with Crippen molar-refractivity contribution in [2.45, 2.75) is 32.6 Å². The van der Waals surface area contributed by atoms with Crippen LogP contribution >= 0.6 is 0 Å². The molecule has 0 saturated carbocycles. The first-order valence-electron chi connectivity index (χ1n) is 5.33. The Labute approximate surface area is 94.8 Å². The summed E-state index contributed by atoms with van der Waals surface area (Å²) in [6, 6.07) is 5.69. The molecule has 1 aliphatic heterocycles. The van der Waals surface area contributed by atoms with E-state index in [1.807, 2.05) is 25.1 Å². The molecular weight excluding hydrogens is 202 g/mol. The Morgan fingerprint density at radius 2 is 2.12 bits per heavy atom. The number of aliphatic imine (C=N–C) groups is 1. The summed E-state index contributed by atoms with van der Waals surface area (Å²) in [5, 5.41) is 8.90. The Bertz CT molecular complexity index is 487. The standard InChI is InChI=1S/C13H15NO2/c1-8-13(2,3)12-9(7-11(15)16)5-4-6-10(12)14-8/h4-6H,7H2,1-3H3,(H,15,16). The quantitative estimate of drug-likeness (QED) is 0.828. The van der Waals surface area contributed by atoms with E-state index in [0.717, 1.165) is 22.5 Å². The summed E-state index contributed by atoms with van der Waals surface area (Å²) in [6.45, 7) is 6.16. The van der Waals surface area contributed by atoms with Crippen molar-refractivity contribution in [2.75, 3.05) is 0 Å². The lowest BCUT2D eigenvalue weighted by atomic mass is 9.79. The zero-order valence-electron chi connectivity index (χ0n) is 9.74. The Kier molecular flexibility index (Phi) is 2.34. The fourth-order valence-corrected chi connectivity index (χ4v) is 2.21. The molecule has 0 spiro atoms. The summed E-state index contributed by atoms with van der Waals surface area (Å²) in [5.74, 6) is -0.797. The van der Waals surface area contributed by atoms with Crippen molar-refractivity contribution >= 4 is 17.4 Å². The third-order valence-corrected chi connectivity index (χ3v) is 3.29. The molecule has 0 unspecified atom stereocenters. The first-order valence-corrected chi connectivity index (χ1v) is 5.33. The second-order valence-corrected chi connectivity index (χ2v) is 4.70. The first kappa shape index (κ1) is 10.9. The average molecular weight is 217 g/mol. The molecular formula is C13H15NO2. The molecule has 84 valence electrons. The van der Waals surface area contributed by atoms with Crippen molar-refractivity contribution in [3.63, 3.8) is 0 Å². The van der Waals surface area contributed by atoms with E-state index in [9.17, 15) is 4.79 Å². The maximum atomic E-state index is 10.8. The zero-order chi connectivity index (χ0) is 11.9. The van der Waals surface area contributed by atoms with E-state index in [-0.39, 0.29) is 11.8 Å². The summed E-state index contributed by atoms with van der Waals surface area (Å²) >= 11 is 0. The molecule has 0 radical (unpaired) electrons. The Morgan fingerprint density at radius 1 is 1.44 bits per heavy atom. The van der Waals surface area contributed by atoms with Gasteiger partial charge in [0.15, 0.2) is 0 Å². The van der Waals surface area contributed by atoms with E-state index in [0.29, 0.717) is 0 Å². The van der Waals surface area contributed by atoms with E-state index >= 15 is 0 Å². The lowest BCUT2D eigenvalue weighted by Gasteiger charge is -2.22. The zero-order valence-corrected chi connectivity index (χ0v) is 9.74. The number of hydrogen-bond acceptors (Lipinski definition) is 2. The Balaban J connectivity index is 2.56. The van der Waals surface area contributed by atoms with Crippen molar-refractivity contribution in [1.29, 1.82) is 0 Å². The van der Waals surface area contributed by atoms with E-state index in [2.05, 4.69) is 18.8 Å². The van der Waals surface area contributed by atoms with Gasteiger partial charge in [0.1, 0.15) is 0 Å². The highest BCUT2D eigenvalue weighted by Gasteiger charge is 2.34. The fraction of sp³-hybridized carbons (Fsp3) is 0.385. The highest BCUT2D eigenvalue weighted by molar-refractivity contribution is 6.00. The summed E-state index contributed by atoms with van der Waals surface area (Å²) in [7, 11) is 0. The molecule has 0 aromatic heterocycles. The number of hydrogen-bond donors (Lipinski definition) is 1. The van der Waals surface area contributed by atoms with Crippen LogP contribution in [0.4, 0.5) is 5.69 Å². The van der Waals surface area contributed by atoms with Gasteiger partial charge in [0.05, 0.1) is 12.1 Å². The van der Waals surface area contributed by atoms with Crippen molar-refractivity contribution in [3.8, 4) is 0 Å². The molecule has 16 heavy (non-hydrogen) atoms. The maximum Gasteiger partial charge on any atom is 0.307 e. The highest BCUT2D eigenvalue weighted by atomic mass is 16.4. The largest absolute Gasteiger partial charge is 0.481 e. The van der Waals surface area contributed by atoms with Gasteiger partial charge >= 0.3 is 5.97 Å². The van der Waals surface area contributed by atoms with Crippen LogP contribution in [-0.4, -0.2) is 16.8 Å². The molecule has 3 nitrogen and oxygen atoms in total. The van der Waals surface area contributed by atoms with Gasteiger partial charge in [0, 0.05) is 11.1 Å². The topological polar surface area (TPSA) is 49.7 Å². The van der Waals surface area contributed by atoms with E-state index < -0.39 is 5.97 Å². The normalized spacial score (nSPS) is 16.8. The van der Waals surface area contributed by atoms with Crippen LogP contribution in [0.3, 0.4) is 0 Å². The maximum absolute atomic E-state index is 10.8. The molecule has 1 N–H and O–H groups in total. The van der Waals surface area contributed by atoms with Crippen molar-refractivity contribution < 1.29 is 9.90 Å². The summed E-state index contributed by atoms with van der Waals surface area (Å²) in [6.07, 6.45) is 0.0649. The molecule has 1 heterocycles. The molecule has 0 amide bonds. The molecule has 0 atom stereocenters. The minimum atomic E-state index is -0.797. The van der Waals surface area contributed by atoms with Gasteiger partial charge in [-0.25, -0.2) is 0 Å². The van der Waals surface area contributed by atoms with Crippen LogP contribution in [0.25, 0.3) is 0 Å². The number of carboxylic acid groups (broad SMARTS) is 1. The molecule has 1 aromatic carbocycles. The van der Waals surface area contributed by atoms with Gasteiger partial charge < -0.3 is 5.11 Å². The van der Waals surface area contributed by atoms with Crippen LogP contribution < -0.4 is 0 Å². The number of carboxylic acids is 1. The first-order chi connectivity index (χ1) is 7.43. The van der Waals surface area contributed by atoms with Crippen molar-refractivity contribution in [3.05, 3.63) is 29.3 Å². The molecule has 0 saturated heterocycles.